The topological polar surface area (TPSA) is 0 Å². The molecule has 0 spiro atoms. The van der Waals surface area contributed by atoms with E-state index in [9.17, 15) is 0 Å². The fraction of sp³-hybridized carbons (Fsp3) is 0.270. The van der Waals surface area contributed by atoms with Crippen LogP contribution in [0.4, 0.5) is 0 Å². The van der Waals surface area contributed by atoms with Crippen molar-refractivity contribution in [3.63, 3.8) is 0 Å². The van der Waals surface area contributed by atoms with Crippen molar-refractivity contribution >= 4 is 58.5 Å². The molecular formula is C74H77Cl2SiZr-3. The summed E-state index contributed by atoms with van der Waals surface area (Å²) in [6.07, 6.45) is 0. The van der Waals surface area contributed by atoms with Crippen molar-refractivity contribution in [3.05, 3.63) is 228 Å². The molecule has 0 bridgehead atoms. The smallest absolute Gasteiger partial charge is 0.0920 e. The van der Waals surface area contributed by atoms with E-state index in [1.165, 1.54) is 121 Å². The number of fused-ring (bicyclic) bond motifs is 5. The van der Waals surface area contributed by atoms with Crippen LogP contribution in [-0.2, 0) is 31.7 Å². The first-order valence-corrected chi connectivity index (χ1v) is 35.2. The summed E-state index contributed by atoms with van der Waals surface area (Å²) in [6.45, 7) is 32.2. The minimum absolute atomic E-state index is 0.131. The summed E-state index contributed by atoms with van der Waals surface area (Å²) in [6, 6.07) is 73.1. The van der Waals surface area contributed by atoms with E-state index in [0.717, 1.165) is 9.52 Å². The molecule has 0 saturated heterocycles. The Morgan fingerprint density at radius 3 is 1.17 bits per heavy atom. The molecule has 0 unspecified atom stereocenters. The second-order valence-electron chi connectivity index (χ2n) is 24.3. The third-order valence-electron chi connectivity index (χ3n) is 15.2. The maximum atomic E-state index is 4.93. The standard InChI is InChI=1S/2C31H35.C12H7Si.2ClH.Zr/c2*1-20(2)24-15-25(21(3)4)17-26(16-24)30-28(22-11-9-8-10-12-22)14-13-23-18-27(19-29(23)30)31(5,6)7;1-3-7-11-9(5-1)10-6-2-4-8-12(10)13-11;;;/h2*8-21H,1-7H3;1-7H;2*1H;/q3*-1;;;+2/p-2. The molecule has 0 aliphatic carbocycles. The minimum atomic E-state index is -0.826. The Bertz CT molecular complexity index is 3320. The summed E-state index contributed by atoms with van der Waals surface area (Å²) < 4.78 is 0. The maximum Gasteiger partial charge on any atom is 0.0920 e. The zero-order chi connectivity index (χ0) is 56.1. The van der Waals surface area contributed by atoms with Gasteiger partial charge in [0.25, 0.3) is 0 Å². The average Bonchev–Trinajstić information content (AvgIpc) is 4.29. The Morgan fingerprint density at radius 1 is 0.410 bits per heavy atom. The van der Waals surface area contributed by atoms with Gasteiger partial charge in [-0.3, -0.25) is 0 Å². The van der Waals surface area contributed by atoms with Crippen LogP contribution in [0.2, 0.25) is 0 Å². The average molecular weight is 1160 g/mol. The van der Waals surface area contributed by atoms with E-state index in [1.807, 2.05) is 6.07 Å². The Morgan fingerprint density at radius 2 is 0.782 bits per heavy atom. The monoisotopic (exact) mass is 1150 g/mol. The molecule has 0 fully saturated rings. The molecule has 398 valence electrons. The SMILES string of the molecule is CC(C)c1cc(-c2c(-c3ccccc3)ccc3[cH-]c(C(C)(C)C)cc23)cc(C(C)C)c1.CC(C)c1cc(-c2c(-c3ccccc3)ccc3[cH-]c(C(C)(C)C)cc23)cc(C(C)C)c1.[Cl][Zr][Cl].[c-]1cccc2c1[Si]c1ccccc1-2. The van der Waals surface area contributed by atoms with Crippen LogP contribution in [0.1, 0.15) is 154 Å². The van der Waals surface area contributed by atoms with E-state index in [1.54, 1.807) is 0 Å². The number of rotatable bonds is 8. The molecular weight excluding hydrogens is 1080 g/mol. The van der Waals surface area contributed by atoms with E-state index >= 15 is 0 Å². The summed E-state index contributed by atoms with van der Waals surface area (Å²) in [7, 11) is 10.7. The molecule has 0 saturated carbocycles. The molecule has 10 aromatic carbocycles. The summed E-state index contributed by atoms with van der Waals surface area (Å²) >= 11 is -0.826. The van der Waals surface area contributed by atoms with E-state index in [2.05, 4.69) is 285 Å². The third-order valence-corrected chi connectivity index (χ3v) is 16.6. The van der Waals surface area contributed by atoms with Gasteiger partial charge in [-0.1, -0.05) is 252 Å². The van der Waals surface area contributed by atoms with Crippen molar-refractivity contribution in [2.24, 2.45) is 0 Å². The van der Waals surface area contributed by atoms with Gasteiger partial charge in [-0.2, -0.15) is 41.6 Å². The molecule has 1 aliphatic heterocycles. The molecule has 78 heavy (non-hydrogen) atoms. The van der Waals surface area contributed by atoms with Crippen LogP contribution in [0.3, 0.4) is 0 Å². The summed E-state index contributed by atoms with van der Waals surface area (Å²) in [5, 5.41) is 8.22. The van der Waals surface area contributed by atoms with E-state index in [0.29, 0.717) is 23.7 Å². The Kier molecular flexibility index (Phi) is 19.2. The van der Waals surface area contributed by atoms with Crippen LogP contribution in [0.25, 0.3) is 77.2 Å². The molecule has 1 aliphatic rings. The van der Waals surface area contributed by atoms with Crippen LogP contribution in [-0.4, -0.2) is 9.52 Å². The first-order valence-electron chi connectivity index (χ1n) is 27.9. The predicted molar refractivity (Wildman–Crippen MR) is 342 cm³/mol. The van der Waals surface area contributed by atoms with Crippen molar-refractivity contribution in [3.8, 4) is 55.6 Å². The predicted octanol–water partition coefficient (Wildman–Crippen LogP) is 21.4. The molecule has 0 amide bonds. The number of hydrogen-bond acceptors (Lipinski definition) is 0. The fourth-order valence-electron chi connectivity index (χ4n) is 10.5. The van der Waals surface area contributed by atoms with Gasteiger partial charge in [-0.15, -0.1) is 62.5 Å². The number of benzene rings is 8. The minimum Gasteiger partial charge on any atom is -0.184 e. The van der Waals surface area contributed by atoms with Gasteiger partial charge >= 0.3 is 37.9 Å². The first-order chi connectivity index (χ1) is 37.2. The van der Waals surface area contributed by atoms with Crippen LogP contribution in [0.15, 0.2) is 188 Å². The van der Waals surface area contributed by atoms with Gasteiger partial charge in [-0.05, 0) is 90.1 Å². The Balaban J connectivity index is 0.000000161. The summed E-state index contributed by atoms with van der Waals surface area (Å²) in [5.41, 5.74) is 22.1. The molecule has 2 radical (unpaired) electrons. The molecule has 4 heteroatoms. The molecule has 0 atom stereocenters. The number of halogens is 2. The zero-order valence-corrected chi connectivity index (χ0v) is 53.4. The van der Waals surface area contributed by atoms with Gasteiger partial charge < -0.3 is 0 Å². The normalized spacial score (nSPS) is 12.0. The van der Waals surface area contributed by atoms with E-state index in [4.69, 9.17) is 17.0 Å². The third kappa shape index (κ3) is 13.6. The Hall–Kier alpha value is -5.34. The quantitative estimate of drug-likeness (QED) is 0.105. The largest absolute Gasteiger partial charge is 0.184 e. The van der Waals surface area contributed by atoms with Crippen LogP contribution < -0.4 is 10.4 Å². The van der Waals surface area contributed by atoms with Gasteiger partial charge in [0.05, 0.1) is 9.52 Å². The number of hydrogen-bond donors (Lipinski definition) is 0. The van der Waals surface area contributed by atoms with Crippen molar-refractivity contribution in [2.75, 3.05) is 0 Å². The van der Waals surface area contributed by atoms with Gasteiger partial charge in [0, 0.05) is 0 Å². The van der Waals surface area contributed by atoms with Crippen LogP contribution in [0.5, 0.6) is 0 Å². The second-order valence-corrected chi connectivity index (χ2v) is 29.3. The Labute approximate surface area is 489 Å². The summed E-state index contributed by atoms with van der Waals surface area (Å²) in [5.74, 6) is 2.01. The molecule has 1 heterocycles. The molecule has 10 aromatic rings. The van der Waals surface area contributed by atoms with Crippen molar-refractivity contribution in [1.82, 2.24) is 0 Å². The van der Waals surface area contributed by atoms with E-state index < -0.39 is 20.8 Å². The summed E-state index contributed by atoms with van der Waals surface area (Å²) in [4.78, 5) is 0. The van der Waals surface area contributed by atoms with Crippen molar-refractivity contribution < 1.29 is 20.8 Å². The van der Waals surface area contributed by atoms with Crippen molar-refractivity contribution in [1.29, 1.82) is 0 Å². The zero-order valence-electron chi connectivity index (χ0n) is 48.5. The van der Waals surface area contributed by atoms with Crippen LogP contribution >= 0.6 is 17.0 Å². The second kappa shape index (κ2) is 25.4. The van der Waals surface area contributed by atoms with Crippen LogP contribution in [0, 0.1) is 6.07 Å². The van der Waals surface area contributed by atoms with E-state index in [-0.39, 0.29) is 10.8 Å². The molecule has 0 nitrogen and oxygen atoms in total. The van der Waals surface area contributed by atoms with Gasteiger partial charge in [-0.25, -0.2) is 0 Å². The molecule has 11 rings (SSSR count). The molecule has 0 aromatic heterocycles. The molecule has 0 N–H and O–H groups in total. The van der Waals surface area contributed by atoms with Gasteiger partial charge in [0.15, 0.2) is 0 Å². The van der Waals surface area contributed by atoms with Gasteiger partial charge in [0.2, 0.25) is 0 Å². The maximum absolute atomic E-state index is 4.93. The van der Waals surface area contributed by atoms with Crippen molar-refractivity contribution in [2.45, 2.75) is 131 Å². The van der Waals surface area contributed by atoms with Gasteiger partial charge in [0.1, 0.15) is 0 Å². The fourth-order valence-corrected chi connectivity index (χ4v) is 11.8. The first kappa shape index (κ1) is 58.8.